The summed E-state index contributed by atoms with van der Waals surface area (Å²) in [7, 11) is 0. The van der Waals surface area contributed by atoms with E-state index >= 15 is 0 Å². The van der Waals surface area contributed by atoms with Crippen LogP contribution in [-0.4, -0.2) is 11.4 Å². The van der Waals surface area contributed by atoms with E-state index in [2.05, 4.69) is 5.32 Å². The summed E-state index contributed by atoms with van der Waals surface area (Å²) in [6, 6.07) is 3.16. The molecule has 0 saturated heterocycles. The van der Waals surface area contributed by atoms with Crippen molar-refractivity contribution in [2.45, 2.75) is 31.7 Å². The molecule has 0 aliphatic heterocycles. The van der Waals surface area contributed by atoms with Gasteiger partial charge in [-0.3, -0.25) is 4.79 Å². The van der Waals surface area contributed by atoms with Crippen LogP contribution in [0, 0.1) is 11.6 Å². The molecule has 1 aromatic rings. The first-order valence-corrected chi connectivity index (χ1v) is 5.55. The van der Waals surface area contributed by atoms with Crippen molar-refractivity contribution in [2.75, 3.05) is 0 Å². The van der Waals surface area contributed by atoms with Gasteiger partial charge in [-0.15, -0.1) is 11.6 Å². The van der Waals surface area contributed by atoms with Gasteiger partial charge < -0.3 is 5.32 Å². The Morgan fingerprint density at radius 2 is 1.88 bits per heavy atom. The number of carbonyl (C=O) groups excluding carboxylic acids is 1. The van der Waals surface area contributed by atoms with E-state index in [0.29, 0.717) is 0 Å². The third kappa shape index (κ3) is 3.97. The lowest BCUT2D eigenvalue weighted by molar-refractivity contribution is -0.122. The summed E-state index contributed by atoms with van der Waals surface area (Å²) in [5.41, 5.74) is -0.199. The minimum Gasteiger partial charge on any atom is -0.350 e. The molecule has 94 valence electrons. The Kier molecular flexibility index (Phi) is 4.09. The van der Waals surface area contributed by atoms with E-state index < -0.39 is 28.5 Å². The maximum Gasteiger partial charge on any atom is 0.243 e. The number of hydrogen-bond donors (Lipinski definition) is 1. The predicted octanol–water partition coefficient (Wildman–Crippen LogP) is 3.16. The minimum absolute atomic E-state index is 0.229. The molecule has 1 amide bonds. The lowest BCUT2D eigenvalue weighted by Gasteiger charge is -2.22. The lowest BCUT2D eigenvalue weighted by Crippen LogP contribution is -2.42. The second kappa shape index (κ2) is 5.00. The van der Waals surface area contributed by atoms with Crippen LogP contribution < -0.4 is 5.32 Å². The van der Waals surface area contributed by atoms with Crippen LogP contribution in [0.1, 0.15) is 31.7 Å². The highest BCUT2D eigenvalue weighted by Crippen LogP contribution is 2.23. The summed E-state index contributed by atoms with van der Waals surface area (Å²) in [4.78, 5) is 11.7. The van der Waals surface area contributed by atoms with Gasteiger partial charge >= 0.3 is 0 Å². The van der Waals surface area contributed by atoms with Crippen molar-refractivity contribution in [3.63, 3.8) is 0 Å². The molecule has 0 radical (unpaired) electrons. The van der Waals surface area contributed by atoms with Crippen LogP contribution in [0.4, 0.5) is 8.78 Å². The highest BCUT2D eigenvalue weighted by Gasteiger charge is 2.23. The third-order valence-electron chi connectivity index (χ3n) is 1.96. The van der Waals surface area contributed by atoms with E-state index in [1.165, 1.54) is 6.07 Å². The molecule has 0 aromatic heterocycles. The van der Waals surface area contributed by atoms with Gasteiger partial charge in [0.15, 0.2) is 11.6 Å². The SMILES string of the molecule is CC(C)(C)NC(=O)C(Cl)c1ccc(F)c(F)c1. The van der Waals surface area contributed by atoms with Crippen LogP contribution in [0.25, 0.3) is 0 Å². The van der Waals surface area contributed by atoms with Gasteiger partial charge in [-0.25, -0.2) is 8.78 Å². The van der Waals surface area contributed by atoms with Crippen LogP contribution in [0.2, 0.25) is 0 Å². The Bertz CT molecular complexity index is 429. The molecule has 0 saturated carbocycles. The minimum atomic E-state index is -1.04. The molecule has 0 spiro atoms. The standard InChI is InChI=1S/C12H14ClF2NO/c1-12(2,3)16-11(17)10(13)7-4-5-8(14)9(15)6-7/h4-6,10H,1-3H3,(H,16,17). The smallest absolute Gasteiger partial charge is 0.243 e. The molecule has 1 N–H and O–H groups in total. The first-order chi connectivity index (χ1) is 7.70. The maximum absolute atomic E-state index is 13.0. The van der Waals surface area contributed by atoms with Crippen molar-refractivity contribution in [2.24, 2.45) is 0 Å². The van der Waals surface area contributed by atoms with Crippen LogP contribution in [0.5, 0.6) is 0 Å². The number of carbonyl (C=O) groups is 1. The number of halogens is 3. The molecule has 1 aromatic carbocycles. The summed E-state index contributed by atoms with van der Waals surface area (Å²) in [6.45, 7) is 5.42. The van der Waals surface area contributed by atoms with Crippen molar-refractivity contribution in [1.29, 1.82) is 0 Å². The molecular formula is C12H14ClF2NO. The normalized spacial score (nSPS) is 13.3. The molecule has 17 heavy (non-hydrogen) atoms. The first kappa shape index (κ1) is 13.9. The molecule has 1 rings (SSSR count). The van der Waals surface area contributed by atoms with Crippen molar-refractivity contribution >= 4 is 17.5 Å². The average Bonchev–Trinajstić information content (AvgIpc) is 2.18. The van der Waals surface area contributed by atoms with Crippen molar-refractivity contribution in [3.8, 4) is 0 Å². The Morgan fingerprint density at radius 1 is 1.29 bits per heavy atom. The number of alkyl halides is 1. The molecule has 1 atom stereocenters. The summed E-state index contributed by atoms with van der Waals surface area (Å²) < 4.78 is 25.7. The summed E-state index contributed by atoms with van der Waals surface area (Å²) in [5, 5.41) is 1.63. The summed E-state index contributed by atoms with van der Waals surface area (Å²) in [5.74, 6) is -2.42. The Balaban J connectivity index is 2.85. The Hall–Kier alpha value is -1.16. The van der Waals surface area contributed by atoms with E-state index in [1.54, 1.807) is 20.8 Å². The quantitative estimate of drug-likeness (QED) is 0.814. The van der Waals surface area contributed by atoms with Crippen molar-refractivity contribution < 1.29 is 13.6 Å². The van der Waals surface area contributed by atoms with E-state index in [4.69, 9.17) is 11.6 Å². The van der Waals surface area contributed by atoms with E-state index in [1.807, 2.05) is 0 Å². The number of rotatable bonds is 2. The Labute approximate surface area is 104 Å². The second-order valence-corrected chi connectivity index (χ2v) is 5.21. The fourth-order valence-corrected chi connectivity index (χ4v) is 1.44. The first-order valence-electron chi connectivity index (χ1n) is 5.12. The zero-order chi connectivity index (χ0) is 13.2. The predicted molar refractivity (Wildman–Crippen MR) is 62.8 cm³/mol. The number of benzene rings is 1. The molecule has 0 aliphatic rings. The second-order valence-electron chi connectivity index (χ2n) is 4.78. The summed E-state index contributed by atoms with van der Waals surface area (Å²) >= 11 is 5.89. The monoisotopic (exact) mass is 261 g/mol. The zero-order valence-corrected chi connectivity index (χ0v) is 10.6. The molecule has 5 heteroatoms. The molecular weight excluding hydrogens is 248 g/mol. The molecule has 1 unspecified atom stereocenters. The molecule has 0 heterocycles. The highest BCUT2D eigenvalue weighted by molar-refractivity contribution is 6.30. The van der Waals surface area contributed by atoms with E-state index in [-0.39, 0.29) is 5.56 Å². The van der Waals surface area contributed by atoms with Crippen molar-refractivity contribution in [3.05, 3.63) is 35.4 Å². The largest absolute Gasteiger partial charge is 0.350 e. The van der Waals surface area contributed by atoms with Gasteiger partial charge in [0.2, 0.25) is 5.91 Å². The topological polar surface area (TPSA) is 29.1 Å². The molecule has 0 fully saturated rings. The lowest BCUT2D eigenvalue weighted by atomic mass is 10.1. The van der Waals surface area contributed by atoms with Gasteiger partial charge in [-0.05, 0) is 38.5 Å². The summed E-state index contributed by atoms with van der Waals surface area (Å²) in [6.07, 6.45) is 0. The van der Waals surface area contributed by atoms with Gasteiger partial charge in [0.25, 0.3) is 0 Å². The van der Waals surface area contributed by atoms with Crippen LogP contribution in [0.3, 0.4) is 0 Å². The van der Waals surface area contributed by atoms with E-state index in [0.717, 1.165) is 12.1 Å². The van der Waals surface area contributed by atoms with Gasteiger partial charge in [0.05, 0.1) is 0 Å². The van der Waals surface area contributed by atoms with Crippen LogP contribution >= 0.6 is 11.6 Å². The fraction of sp³-hybridized carbons (Fsp3) is 0.417. The average molecular weight is 262 g/mol. The Morgan fingerprint density at radius 3 is 2.35 bits per heavy atom. The zero-order valence-electron chi connectivity index (χ0n) is 9.85. The van der Waals surface area contributed by atoms with Gasteiger partial charge in [0, 0.05) is 5.54 Å². The van der Waals surface area contributed by atoms with Crippen LogP contribution in [0.15, 0.2) is 18.2 Å². The van der Waals surface area contributed by atoms with Crippen molar-refractivity contribution in [1.82, 2.24) is 5.32 Å². The van der Waals surface area contributed by atoms with Gasteiger partial charge in [0.1, 0.15) is 5.38 Å². The van der Waals surface area contributed by atoms with Gasteiger partial charge in [-0.1, -0.05) is 6.07 Å². The number of hydrogen-bond acceptors (Lipinski definition) is 1. The van der Waals surface area contributed by atoms with Gasteiger partial charge in [-0.2, -0.15) is 0 Å². The van der Waals surface area contributed by atoms with Crippen LogP contribution in [-0.2, 0) is 4.79 Å². The third-order valence-corrected chi connectivity index (χ3v) is 2.41. The molecule has 0 bridgehead atoms. The number of amides is 1. The molecule has 2 nitrogen and oxygen atoms in total. The number of nitrogens with one attached hydrogen (secondary N) is 1. The fourth-order valence-electron chi connectivity index (χ4n) is 1.25. The highest BCUT2D eigenvalue weighted by atomic mass is 35.5. The molecule has 0 aliphatic carbocycles. The van der Waals surface area contributed by atoms with E-state index in [9.17, 15) is 13.6 Å². The maximum atomic E-state index is 13.0.